The molecule has 0 amide bonds. The van der Waals surface area contributed by atoms with Gasteiger partial charge in [0.1, 0.15) is 5.82 Å². The molecule has 0 saturated carbocycles. The van der Waals surface area contributed by atoms with Gasteiger partial charge in [0.25, 0.3) is 0 Å². The fraction of sp³-hybridized carbons (Fsp3) is 0.375. The summed E-state index contributed by atoms with van der Waals surface area (Å²) in [5, 5.41) is 1.16. The molecule has 3 nitrogen and oxygen atoms in total. The van der Waals surface area contributed by atoms with Gasteiger partial charge in [-0.25, -0.2) is 4.39 Å². The van der Waals surface area contributed by atoms with Crippen molar-refractivity contribution in [2.45, 2.75) is 51.9 Å². The van der Waals surface area contributed by atoms with Gasteiger partial charge in [-0.3, -0.25) is 4.79 Å². The number of esters is 1. The van der Waals surface area contributed by atoms with Crippen LogP contribution in [0.4, 0.5) is 4.39 Å². The zero-order valence-corrected chi connectivity index (χ0v) is 17.9. The van der Waals surface area contributed by atoms with Crippen molar-refractivity contribution in [3.05, 3.63) is 69.6 Å². The van der Waals surface area contributed by atoms with Crippen molar-refractivity contribution in [1.29, 1.82) is 0 Å². The number of nitrogens with one attached hydrogen (secondary N) is 1. The summed E-state index contributed by atoms with van der Waals surface area (Å²) in [6.07, 6.45) is 4.11. The molecule has 1 aromatic heterocycles. The van der Waals surface area contributed by atoms with Crippen molar-refractivity contribution in [3.63, 3.8) is 0 Å². The molecule has 2 aromatic carbocycles. The Hall–Kier alpha value is -2.33. The number of aromatic amines is 1. The van der Waals surface area contributed by atoms with Gasteiger partial charge in [-0.15, -0.1) is 0 Å². The number of methoxy groups -OCH3 is 1. The molecule has 5 heteroatoms. The normalized spacial score (nSPS) is 12.3. The number of ether oxygens (including phenoxy) is 1. The number of H-pyrrole nitrogens is 1. The number of aryl methyl sites for hydroxylation is 2. The number of carbonyl (C=O) groups excluding carboxylic acids is 1. The van der Waals surface area contributed by atoms with E-state index in [1.165, 1.54) is 24.3 Å². The van der Waals surface area contributed by atoms with Crippen LogP contribution in [0.3, 0.4) is 0 Å². The molecule has 0 saturated heterocycles. The van der Waals surface area contributed by atoms with E-state index < -0.39 is 5.82 Å². The Labute approximate surface area is 176 Å². The van der Waals surface area contributed by atoms with E-state index in [1.807, 2.05) is 0 Å². The van der Waals surface area contributed by atoms with Crippen molar-refractivity contribution in [3.8, 4) is 0 Å². The molecule has 154 valence electrons. The van der Waals surface area contributed by atoms with Crippen LogP contribution >= 0.6 is 11.6 Å². The van der Waals surface area contributed by atoms with Crippen LogP contribution in [-0.2, 0) is 22.4 Å². The first-order valence-corrected chi connectivity index (χ1v) is 10.5. The maximum atomic E-state index is 14.0. The highest BCUT2D eigenvalue weighted by Gasteiger charge is 2.19. The molecule has 0 aliphatic rings. The van der Waals surface area contributed by atoms with Crippen molar-refractivity contribution >= 4 is 28.5 Å². The zero-order chi connectivity index (χ0) is 21.0. The number of carbonyl (C=O) groups is 1. The monoisotopic (exact) mass is 415 g/mol. The molecular formula is C24H27ClFNO2. The summed E-state index contributed by atoms with van der Waals surface area (Å²) in [6.45, 7) is 4.32. The van der Waals surface area contributed by atoms with E-state index in [1.54, 1.807) is 6.07 Å². The molecule has 1 N–H and O–H groups in total. The van der Waals surface area contributed by atoms with E-state index in [4.69, 9.17) is 16.3 Å². The van der Waals surface area contributed by atoms with Gasteiger partial charge >= 0.3 is 5.97 Å². The number of rotatable bonds is 8. The van der Waals surface area contributed by atoms with Gasteiger partial charge in [0, 0.05) is 28.9 Å². The maximum Gasteiger partial charge on any atom is 0.305 e. The van der Waals surface area contributed by atoms with Gasteiger partial charge in [-0.05, 0) is 48.1 Å². The summed E-state index contributed by atoms with van der Waals surface area (Å²) in [4.78, 5) is 14.8. The first-order valence-electron chi connectivity index (χ1n) is 10.1. The molecule has 0 aliphatic carbocycles. The Morgan fingerprint density at radius 1 is 1.21 bits per heavy atom. The second-order valence-electron chi connectivity index (χ2n) is 7.47. The minimum Gasteiger partial charge on any atom is -0.469 e. The van der Waals surface area contributed by atoms with Crippen molar-refractivity contribution in [1.82, 2.24) is 4.98 Å². The van der Waals surface area contributed by atoms with Crippen LogP contribution in [0.5, 0.6) is 0 Å². The van der Waals surface area contributed by atoms with Gasteiger partial charge in [0.05, 0.1) is 12.1 Å². The topological polar surface area (TPSA) is 42.1 Å². The number of aromatic nitrogens is 1. The molecule has 1 atom stereocenters. The predicted molar refractivity (Wildman–Crippen MR) is 116 cm³/mol. The Morgan fingerprint density at radius 2 is 1.93 bits per heavy atom. The lowest BCUT2D eigenvalue weighted by Crippen LogP contribution is -2.03. The van der Waals surface area contributed by atoms with E-state index >= 15 is 0 Å². The quantitative estimate of drug-likeness (QED) is 0.423. The molecule has 0 bridgehead atoms. The smallest absolute Gasteiger partial charge is 0.305 e. The Morgan fingerprint density at radius 3 is 2.59 bits per heavy atom. The molecular weight excluding hydrogens is 389 g/mol. The molecule has 0 radical (unpaired) electrons. The average molecular weight is 416 g/mol. The summed E-state index contributed by atoms with van der Waals surface area (Å²) in [7, 11) is 1.41. The lowest BCUT2D eigenvalue weighted by molar-refractivity contribution is -0.140. The maximum absolute atomic E-state index is 14.0. The highest BCUT2D eigenvalue weighted by Crippen LogP contribution is 2.35. The predicted octanol–water partition coefficient (Wildman–Crippen LogP) is 6.56. The summed E-state index contributed by atoms with van der Waals surface area (Å²) >= 11 is 6.06. The van der Waals surface area contributed by atoms with Crippen molar-refractivity contribution in [2.24, 2.45) is 0 Å². The van der Waals surface area contributed by atoms with E-state index in [-0.39, 0.29) is 16.9 Å². The van der Waals surface area contributed by atoms with Crippen LogP contribution in [0.15, 0.2) is 36.4 Å². The second-order valence-corrected chi connectivity index (χ2v) is 7.88. The minimum atomic E-state index is -0.406. The minimum absolute atomic E-state index is 0.130. The fourth-order valence-corrected chi connectivity index (χ4v) is 3.91. The number of unbranched alkanes of at least 4 members (excludes halogenated alkanes) is 1. The first kappa shape index (κ1) is 21.4. The highest BCUT2D eigenvalue weighted by molar-refractivity contribution is 6.31. The zero-order valence-electron chi connectivity index (χ0n) is 17.1. The SMILES string of the molecule is CCCCc1c(C(C)c2ccc(CCC(=O)OC)cc2)[nH]c2cc(F)c(Cl)cc12. The van der Waals surface area contributed by atoms with Crippen LogP contribution in [0, 0.1) is 5.82 Å². The number of benzene rings is 2. The van der Waals surface area contributed by atoms with Crippen LogP contribution in [0.2, 0.25) is 5.02 Å². The standard InChI is InChI=1S/C24H27ClFNO2/c1-4-5-6-18-19-13-20(25)21(26)14-22(19)27-24(18)15(2)17-10-7-16(8-11-17)9-12-23(28)29-3/h7-8,10-11,13-15,27H,4-6,9,12H2,1-3H3. The molecule has 0 fully saturated rings. The Balaban J connectivity index is 1.91. The largest absolute Gasteiger partial charge is 0.469 e. The molecule has 29 heavy (non-hydrogen) atoms. The number of fused-ring (bicyclic) bond motifs is 1. The van der Waals surface area contributed by atoms with E-state index in [2.05, 4.69) is 43.1 Å². The molecule has 0 spiro atoms. The molecule has 1 unspecified atom stereocenters. The first-order chi connectivity index (χ1) is 13.9. The van der Waals surface area contributed by atoms with Gasteiger partial charge in [-0.1, -0.05) is 56.1 Å². The Bertz CT molecular complexity index is 994. The second kappa shape index (κ2) is 9.45. The van der Waals surface area contributed by atoms with E-state index in [0.29, 0.717) is 12.8 Å². The van der Waals surface area contributed by atoms with Gasteiger partial charge in [0.15, 0.2) is 0 Å². The van der Waals surface area contributed by atoms with Gasteiger partial charge < -0.3 is 9.72 Å². The van der Waals surface area contributed by atoms with Crippen LogP contribution in [0.25, 0.3) is 10.9 Å². The third-order valence-corrected chi connectivity index (χ3v) is 5.81. The highest BCUT2D eigenvalue weighted by atomic mass is 35.5. The lowest BCUT2D eigenvalue weighted by atomic mass is 9.91. The molecule has 3 aromatic rings. The molecule has 3 rings (SSSR count). The Kier molecular flexibility index (Phi) is 6.96. The summed E-state index contributed by atoms with van der Waals surface area (Å²) in [5.74, 6) is -0.477. The third kappa shape index (κ3) is 4.81. The number of halogens is 2. The fourth-order valence-electron chi connectivity index (χ4n) is 3.75. The summed E-state index contributed by atoms with van der Waals surface area (Å²) < 4.78 is 18.7. The summed E-state index contributed by atoms with van der Waals surface area (Å²) in [5.41, 5.74) is 5.38. The van der Waals surface area contributed by atoms with Crippen molar-refractivity contribution in [2.75, 3.05) is 7.11 Å². The summed E-state index contributed by atoms with van der Waals surface area (Å²) in [6, 6.07) is 11.5. The molecule has 0 aliphatic heterocycles. The van der Waals surface area contributed by atoms with Crippen molar-refractivity contribution < 1.29 is 13.9 Å². The lowest BCUT2D eigenvalue weighted by Gasteiger charge is -2.14. The third-order valence-electron chi connectivity index (χ3n) is 5.52. The van der Waals surface area contributed by atoms with Gasteiger partial charge in [0.2, 0.25) is 0 Å². The van der Waals surface area contributed by atoms with Crippen LogP contribution in [-0.4, -0.2) is 18.1 Å². The van der Waals surface area contributed by atoms with E-state index in [0.717, 1.165) is 41.4 Å². The molecule has 1 heterocycles. The number of hydrogen-bond acceptors (Lipinski definition) is 2. The number of hydrogen-bond donors (Lipinski definition) is 1. The average Bonchev–Trinajstić information content (AvgIpc) is 3.07. The van der Waals surface area contributed by atoms with Gasteiger partial charge in [-0.2, -0.15) is 0 Å². The van der Waals surface area contributed by atoms with Crippen LogP contribution in [0.1, 0.15) is 61.4 Å². The van der Waals surface area contributed by atoms with Crippen LogP contribution < -0.4 is 0 Å². The van der Waals surface area contributed by atoms with E-state index in [9.17, 15) is 9.18 Å².